The van der Waals surface area contributed by atoms with Crippen LogP contribution in [0.25, 0.3) is 0 Å². The maximum atomic E-state index is 13.5. The molecule has 0 unspecified atom stereocenters. The van der Waals surface area contributed by atoms with E-state index in [1.54, 1.807) is 11.0 Å². The summed E-state index contributed by atoms with van der Waals surface area (Å²) in [4.78, 5) is 41.6. The Balaban J connectivity index is 1.49. The molecule has 0 radical (unpaired) electrons. The first kappa shape index (κ1) is 18.8. The lowest BCUT2D eigenvalue weighted by Crippen LogP contribution is -2.56. The van der Waals surface area contributed by atoms with E-state index in [1.165, 1.54) is 17.8 Å². The average molecular weight is 416 g/mol. The first-order valence-corrected chi connectivity index (χ1v) is 11.2. The number of nitrogens with one attached hydrogen (secondary N) is 1. The molecule has 5 rings (SSSR count). The molecule has 3 amide bonds. The second kappa shape index (κ2) is 6.95. The Morgan fingerprint density at radius 1 is 1.31 bits per heavy atom. The maximum Gasteiger partial charge on any atom is 0.246 e. The summed E-state index contributed by atoms with van der Waals surface area (Å²) >= 11 is 1.54. The van der Waals surface area contributed by atoms with Crippen LogP contribution < -0.4 is 11.1 Å². The molecule has 3 N–H and O–H groups in total. The number of rotatable bonds is 5. The van der Waals surface area contributed by atoms with Crippen LogP contribution in [-0.2, 0) is 25.7 Å². The maximum absolute atomic E-state index is 13.5. The van der Waals surface area contributed by atoms with Crippen molar-refractivity contribution in [2.45, 2.75) is 62.4 Å². The summed E-state index contributed by atoms with van der Waals surface area (Å²) < 4.78 is 6.17. The third-order valence-corrected chi connectivity index (χ3v) is 7.67. The molecule has 2 bridgehead atoms. The Bertz CT molecular complexity index is 863. The second-order valence-corrected chi connectivity index (χ2v) is 9.52. The van der Waals surface area contributed by atoms with Gasteiger partial charge in [-0.25, -0.2) is 0 Å². The smallest absolute Gasteiger partial charge is 0.246 e. The van der Waals surface area contributed by atoms with Crippen molar-refractivity contribution in [1.29, 1.82) is 0 Å². The lowest BCUT2D eigenvalue weighted by molar-refractivity contribution is -0.142. The summed E-state index contributed by atoms with van der Waals surface area (Å²) in [6.07, 6.45) is 8.38. The molecule has 29 heavy (non-hydrogen) atoms. The topological polar surface area (TPSA) is 102 Å². The number of likely N-dealkylation sites (tertiary alicyclic amines) is 1. The van der Waals surface area contributed by atoms with Crippen LogP contribution in [0.5, 0.6) is 0 Å². The van der Waals surface area contributed by atoms with Gasteiger partial charge in [-0.05, 0) is 24.3 Å². The number of hydrogen-bond donors (Lipinski definition) is 2. The summed E-state index contributed by atoms with van der Waals surface area (Å²) in [5.41, 5.74) is 4.52. The standard InChI is InChI=1S/C21H25N3O4S/c22-18(25)15-14-8-9-21(28-14)16(15)20(27)24(11-13-7-4-10-29-13)17(21)19(26)23-12-5-2-1-3-6-12/h4,7-10,12,14-17H,1-3,5-6,11H2,(H2,22,25)(H,23,26)/t14-,15-,16-,17-,21-/m0/s1. The van der Waals surface area contributed by atoms with Gasteiger partial charge in [0.05, 0.1) is 24.5 Å². The number of thiophene rings is 1. The van der Waals surface area contributed by atoms with Gasteiger partial charge in [-0.15, -0.1) is 11.3 Å². The molecular formula is C21H25N3O4S. The Labute approximate surface area is 173 Å². The molecule has 3 aliphatic heterocycles. The Morgan fingerprint density at radius 2 is 2.10 bits per heavy atom. The third-order valence-electron chi connectivity index (χ3n) is 6.81. The van der Waals surface area contributed by atoms with E-state index in [1.807, 2.05) is 23.6 Å². The van der Waals surface area contributed by atoms with E-state index >= 15 is 0 Å². The lowest BCUT2D eigenvalue weighted by Gasteiger charge is -2.34. The highest BCUT2D eigenvalue weighted by atomic mass is 32.1. The molecular weight excluding hydrogens is 390 g/mol. The molecule has 1 aromatic heterocycles. The van der Waals surface area contributed by atoms with Gasteiger partial charge in [-0.2, -0.15) is 0 Å². The van der Waals surface area contributed by atoms with Crippen LogP contribution >= 0.6 is 11.3 Å². The zero-order chi connectivity index (χ0) is 20.2. The van der Waals surface area contributed by atoms with E-state index in [0.29, 0.717) is 6.54 Å². The SMILES string of the molecule is NC(=O)[C@H]1[C@@H]2C=C[C@]3(O2)[C@@H]1C(=O)N(Cc1cccs1)[C@H]3C(=O)NC1CCCCC1. The van der Waals surface area contributed by atoms with Crippen LogP contribution in [0.1, 0.15) is 37.0 Å². The number of carbonyl (C=O) groups excluding carboxylic acids is 3. The minimum Gasteiger partial charge on any atom is -0.369 e. The largest absolute Gasteiger partial charge is 0.369 e. The zero-order valence-electron chi connectivity index (χ0n) is 16.1. The van der Waals surface area contributed by atoms with Crippen LogP contribution in [0.15, 0.2) is 29.7 Å². The van der Waals surface area contributed by atoms with Gasteiger partial charge < -0.3 is 20.7 Å². The van der Waals surface area contributed by atoms with E-state index in [2.05, 4.69) is 5.32 Å². The molecule has 154 valence electrons. The van der Waals surface area contributed by atoms with Gasteiger partial charge in [-0.3, -0.25) is 14.4 Å². The van der Waals surface area contributed by atoms with Crippen molar-refractivity contribution in [1.82, 2.24) is 10.2 Å². The van der Waals surface area contributed by atoms with Crippen molar-refractivity contribution in [2.24, 2.45) is 17.6 Å². The fourth-order valence-electron chi connectivity index (χ4n) is 5.56. The van der Waals surface area contributed by atoms with Gasteiger partial charge in [-0.1, -0.05) is 37.5 Å². The number of amides is 3. The molecule has 1 aliphatic carbocycles. The van der Waals surface area contributed by atoms with Gasteiger partial charge in [0.1, 0.15) is 11.6 Å². The van der Waals surface area contributed by atoms with Crippen LogP contribution in [0.4, 0.5) is 0 Å². The van der Waals surface area contributed by atoms with Gasteiger partial charge in [0, 0.05) is 10.9 Å². The van der Waals surface area contributed by atoms with Crippen molar-refractivity contribution >= 4 is 29.1 Å². The number of nitrogens with two attached hydrogens (primary N) is 1. The highest BCUT2D eigenvalue weighted by Crippen LogP contribution is 2.55. The van der Waals surface area contributed by atoms with E-state index in [4.69, 9.17) is 10.5 Å². The normalized spacial score (nSPS) is 35.9. The van der Waals surface area contributed by atoms with E-state index < -0.39 is 35.5 Å². The van der Waals surface area contributed by atoms with Gasteiger partial charge >= 0.3 is 0 Å². The number of carbonyl (C=O) groups is 3. The lowest BCUT2D eigenvalue weighted by atomic mass is 9.74. The van der Waals surface area contributed by atoms with Crippen molar-refractivity contribution < 1.29 is 19.1 Å². The van der Waals surface area contributed by atoms with Crippen LogP contribution in [-0.4, -0.2) is 46.4 Å². The minimum atomic E-state index is -1.11. The highest BCUT2D eigenvalue weighted by Gasteiger charge is 2.72. The number of ether oxygens (including phenoxy) is 1. The number of primary amides is 1. The van der Waals surface area contributed by atoms with Gasteiger partial charge in [0.25, 0.3) is 0 Å². The summed E-state index contributed by atoms with van der Waals surface area (Å²) in [5, 5.41) is 5.11. The van der Waals surface area contributed by atoms with Crippen molar-refractivity contribution in [3.05, 3.63) is 34.5 Å². The van der Waals surface area contributed by atoms with Gasteiger partial charge in [0.15, 0.2) is 0 Å². The van der Waals surface area contributed by atoms with E-state index in [-0.39, 0.29) is 17.9 Å². The molecule has 1 saturated carbocycles. The molecule has 2 saturated heterocycles. The second-order valence-electron chi connectivity index (χ2n) is 8.49. The Morgan fingerprint density at radius 3 is 2.79 bits per heavy atom. The molecule has 3 fully saturated rings. The summed E-state index contributed by atoms with van der Waals surface area (Å²) in [7, 11) is 0. The summed E-state index contributed by atoms with van der Waals surface area (Å²) in [6.45, 7) is 0.324. The molecule has 4 heterocycles. The summed E-state index contributed by atoms with van der Waals surface area (Å²) in [6, 6.07) is 3.19. The van der Waals surface area contributed by atoms with Gasteiger partial charge in [0.2, 0.25) is 17.7 Å². The number of fused-ring (bicyclic) bond motifs is 1. The van der Waals surface area contributed by atoms with Crippen LogP contribution in [0, 0.1) is 11.8 Å². The molecule has 4 aliphatic rings. The molecule has 7 nitrogen and oxygen atoms in total. The predicted molar refractivity (Wildman–Crippen MR) is 107 cm³/mol. The molecule has 1 spiro atoms. The fourth-order valence-corrected chi connectivity index (χ4v) is 6.26. The van der Waals surface area contributed by atoms with Crippen LogP contribution in [0.2, 0.25) is 0 Å². The predicted octanol–water partition coefficient (Wildman–Crippen LogP) is 1.33. The molecule has 0 aromatic carbocycles. The number of hydrogen-bond acceptors (Lipinski definition) is 5. The van der Waals surface area contributed by atoms with E-state index in [0.717, 1.165) is 30.6 Å². The highest BCUT2D eigenvalue weighted by molar-refractivity contribution is 7.09. The molecule has 8 heteroatoms. The van der Waals surface area contributed by atoms with Crippen molar-refractivity contribution in [3.8, 4) is 0 Å². The minimum absolute atomic E-state index is 0.125. The monoisotopic (exact) mass is 415 g/mol. The average Bonchev–Trinajstić information content (AvgIpc) is 3.45. The molecule has 5 atom stereocenters. The first-order chi connectivity index (χ1) is 14.0. The quantitative estimate of drug-likeness (QED) is 0.709. The Hall–Kier alpha value is -2.19. The first-order valence-electron chi connectivity index (χ1n) is 10.3. The fraction of sp³-hybridized carbons (Fsp3) is 0.571. The number of nitrogens with zero attached hydrogens (tertiary/aromatic N) is 1. The molecule has 1 aromatic rings. The van der Waals surface area contributed by atoms with Crippen molar-refractivity contribution in [2.75, 3.05) is 0 Å². The Kier molecular flexibility index (Phi) is 4.51. The van der Waals surface area contributed by atoms with E-state index in [9.17, 15) is 14.4 Å². The zero-order valence-corrected chi connectivity index (χ0v) is 16.9. The third kappa shape index (κ3) is 2.84. The summed E-state index contributed by atoms with van der Waals surface area (Å²) in [5.74, 6) is -2.44. The van der Waals surface area contributed by atoms with Crippen LogP contribution in [0.3, 0.4) is 0 Å². The van der Waals surface area contributed by atoms with Crippen molar-refractivity contribution in [3.63, 3.8) is 0 Å².